The molecule has 29 heavy (non-hydrogen) atoms. The summed E-state index contributed by atoms with van der Waals surface area (Å²) in [5.74, 6) is 1.57. The second-order valence-corrected chi connectivity index (χ2v) is 7.00. The molecule has 0 aliphatic carbocycles. The highest BCUT2D eigenvalue weighted by molar-refractivity contribution is 5.70. The third kappa shape index (κ3) is 4.09. The topological polar surface area (TPSA) is 111 Å². The van der Waals surface area contributed by atoms with Gasteiger partial charge in [-0.05, 0) is 48.6 Å². The molecule has 0 radical (unpaired) electrons. The minimum atomic E-state index is -0.655. The van der Waals surface area contributed by atoms with E-state index in [2.05, 4.69) is 0 Å². The van der Waals surface area contributed by atoms with Gasteiger partial charge in [-0.2, -0.15) is 0 Å². The van der Waals surface area contributed by atoms with Crippen molar-refractivity contribution in [2.45, 2.75) is 18.9 Å². The van der Waals surface area contributed by atoms with Gasteiger partial charge in [0.1, 0.15) is 5.75 Å². The number of rotatable bonds is 4. The molecule has 2 aliphatic heterocycles. The van der Waals surface area contributed by atoms with Crippen molar-refractivity contribution in [2.75, 3.05) is 19.9 Å². The number of ether oxygens (including phenoxy) is 3. The Morgan fingerprint density at radius 1 is 1.14 bits per heavy atom. The van der Waals surface area contributed by atoms with E-state index >= 15 is 0 Å². The van der Waals surface area contributed by atoms with Crippen LogP contribution >= 0.6 is 0 Å². The van der Waals surface area contributed by atoms with Gasteiger partial charge in [-0.1, -0.05) is 6.07 Å². The van der Waals surface area contributed by atoms with Gasteiger partial charge in [0, 0.05) is 25.2 Å². The molecule has 1 amide bonds. The van der Waals surface area contributed by atoms with Crippen molar-refractivity contribution in [3.8, 4) is 17.2 Å². The largest absolute Gasteiger partial charge is 0.454 e. The van der Waals surface area contributed by atoms with Crippen LogP contribution in [0.3, 0.4) is 0 Å². The number of aliphatic hydroxyl groups is 1. The minimum absolute atomic E-state index is 0.0128. The van der Waals surface area contributed by atoms with Crippen LogP contribution in [0.2, 0.25) is 0 Å². The number of carbonyl (C=O) groups excluding carboxylic acids is 1. The molecule has 0 bridgehead atoms. The van der Waals surface area contributed by atoms with E-state index in [4.69, 9.17) is 14.2 Å². The number of hydrogen-bond acceptors (Lipinski definition) is 7. The van der Waals surface area contributed by atoms with E-state index in [9.17, 15) is 20.0 Å². The normalized spacial score (nSPS) is 17.1. The Morgan fingerprint density at radius 2 is 1.83 bits per heavy atom. The van der Waals surface area contributed by atoms with Crippen LogP contribution in [0, 0.1) is 16.0 Å². The molecule has 2 heterocycles. The third-order valence-corrected chi connectivity index (χ3v) is 5.24. The maximum absolute atomic E-state index is 12.3. The molecular formula is C20H20N2O7. The number of amides is 1. The molecule has 1 N–H and O–H groups in total. The molecule has 152 valence electrons. The summed E-state index contributed by atoms with van der Waals surface area (Å²) in [5, 5.41) is 21.4. The first-order chi connectivity index (χ1) is 14.0. The first-order valence-corrected chi connectivity index (χ1v) is 9.30. The van der Waals surface area contributed by atoms with Crippen LogP contribution in [0.1, 0.15) is 24.5 Å². The Labute approximate surface area is 166 Å². The number of nitrogens with zero attached hydrogens (tertiary/aromatic N) is 2. The van der Waals surface area contributed by atoms with Crippen LogP contribution in [0.15, 0.2) is 42.5 Å². The average Bonchev–Trinajstić information content (AvgIpc) is 3.21. The minimum Gasteiger partial charge on any atom is -0.454 e. The van der Waals surface area contributed by atoms with Crippen LogP contribution in [0.25, 0.3) is 0 Å². The first kappa shape index (κ1) is 19.0. The highest BCUT2D eigenvalue weighted by Crippen LogP contribution is 2.38. The number of likely N-dealkylation sites (tertiary alicyclic amines) is 1. The van der Waals surface area contributed by atoms with E-state index < -0.39 is 17.1 Å². The van der Waals surface area contributed by atoms with E-state index in [1.54, 1.807) is 17.0 Å². The van der Waals surface area contributed by atoms with E-state index in [0.717, 1.165) is 5.56 Å². The highest BCUT2D eigenvalue weighted by atomic mass is 16.7. The van der Waals surface area contributed by atoms with Crippen LogP contribution in [0.5, 0.6) is 17.2 Å². The molecule has 9 nitrogen and oxygen atoms in total. The summed E-state index contributed by atoms with van der Waals surface area (Å²) >= 11 is 0. The van der Waals surface area contributed by atoms with Gasteiger partial charge >= 0.3 is 6.09 Å². The molecule has 0 spiro atoms. The summed E-state index contributed by atoms with van der Waals surface area (Å²) < 4.78 is 15.9. The second-order valence-electron chi connectivity index (χ2n) is 7.00. The molecule has 1 saturated heterocycles. The van der Waals surface area contributed by atoms with Crippen LogP contribution in [-0.4, -0.2) is 40.9 Å². The fourth-order valence-corrected chi connectivity index (χ4v) is 3.57. The summed E-state index contributed by atoms with van der Waals surface area (Å²) in [7, 11) is 0. The molecular weight excluding hydrogens is 380 g/mol. The lowest BCUT2D eigenvalue weighted by atomic mass is 9.87. The predicted octanol–water partition coefficient (Wildman–Crippen LogP) is 3.27. The number of aliphatic hydroxyl groups excluding tert-OH is 1. The van der Waals surface area contributed by atoms with Crippen molar-refractivity contribution in [3.63, 3.8) is 0 Å². The Kier molecular flexibility index (Phi) is 5.22. The van der Waals surface area contributed by atoms with E-state index in [1.807, 2.05) is 6.07 Å². The van der Waals surface area contributed by atoms with Crippen molar-refractivity contribution in [1.82, 2.24) is 4.90 Å². The zero-order valence-electron chi connectivity index (χ0n) is 15.5. The Morgan fingerprint density at radius 3 is 2.52 bits per heavy atom. The molecule has 0 aromatic heterocycles. The lowest BCUT2D eigenvalue weighted by molar-refractivity contribution is -0.384. The number of fused-ring (bicyclic) bond motifs is 1. The van der Waals surface area contributed by atoms with Crippen LogP contribution in [-0.2, 0) is 0 Å². The first-order valence-electron chi connectivity index (χ1n) is 9.30. The van der Waals surface area contributed by atoms with E-state index in [-0.39, 0.29) is 24.1 Å². The smallest absolute Gasteiger partial charge is 0.415 e. The van der Waals surface area contributed by atoms with Crippen molar-refractivity contribution < 1.29 is 29.0 Å². The quantitative estimate of drug-likeness (QED) is 0.619. The summed E-state index contributed by atoms with van der Waals surface area (Å²) in [4.78, 5) is 24.1. The predicted molar refractivity (Wildman–Crippen MR) is 101 cm³/mol. The van der Waals surface area contributed by atoms with Gasteiger partial charge in [-0.25, -0.2) is 4.79 Å². The van der Waals surface area contributed by atoms with Gasteiger partial charge in [0.05, 0.1) is 11.0 Å². The number of hydrogen-bond donors (Lipinski definition) is 1. The molecule has 1 unspecified atom stereocenters. The monoisotopic (exact) mass is 400 g/mol. The van der Waals surface area contributed by atoms with Crippen molar-refractivity contribution in [3.05, 3.63) is 58.1 Å². The van der Waals surface area contributed by atoms with Gasteiger partial charge in [0.25, 0.3) is 5.69 Å². The van der Waals surface area contributed by atoms with Crippen LogP contribution < -0.4 is 14.2 Å². The Hall–Kier alpha value is -3.33. The summed E-state index contributed by atoms with van der Waals surface area (Å²) in [6.07, 6.45) is 0.0999. The lowest BCUT2D eigenvalue weighted by Crippen LogP contribution is -2.41. The Balaban J connectivity index is 1.31. The number of carbonyl (C=O) groups is 1. The number of non-ortho nitro benzene ring substituents is 1. The maximum Gasteiger partial charge on any atom is 0.415 e. The molecule has 2 aromatic carbocycles. The molecule has 2 aliphatic rings. The fourth-order valence-electron chi connectivity index (χ4n) is 3.57. The number of nitro groups is 1. The maximum atomic E-state index is 12.3. The molecule has 1 atom stereocenters. The summed E-state index contributed by atoms with van der Waals surface area (Å²) in [6.45, 7) is 1.10. The van der Waals surface area contributed by atoms with E-state index in [1.165, 1.54) is 24.3 Å². The number of nitro benzene ring substituents is 1. The zero-order valence-corrected chi connectivity index (χ0v) is 15.5. The highest BCUT2D eigenvalue weighted by Gasteiger charge is 2.30. The van der Waals surface area contributed by atoms with Crippen LogP contribution in [0.4, 0.5) is 10.5 Å². The van der Waals surface area contributed by atoms with Crippen molar-refractivity contribution in [1.29, 1.82) is 0 Å². The van der Waals surface area contributed by atoms with Gasteiger partial charge in [-0.3, -0.25) is 10.1 Å². The van der Waals surface area contributed by atoms with Crippen molar-refractivity contribution >= 4 is 11.8 Å². The molecule has 0 saturated carbocycles. The number of piperidine rings is 1. The van der Waals surface area contributed by atoms with Gasteiger partial charge in [0.15, 0.2) is 11.5 Å². The van der Waals surface area contributed by atoms with E-state index in [0.29, 0.717) is 37.4 Å². The third-order valence-electron chi connectivity index (χ3n) is 5.24. The summed E-state index contributed by atoms with van der Waals surface area (Å²) in [5.41, 5.74) is 0.698. The molecule has 9 heteroatoms. The second kappa shape index (κ2) is 7.96. The standard InChI is InChI=1S/C20H20N2O7/c23-19(14-1-6-17-18(11-14)28-12-27-17)13-7-9-21(10-8-13)20(24)29-16-4-2-15(3-5-16)22(25)26/h1-6,11,13,19,23H,7-10,12H2. The molecule has 2 aromatic rings. The van der Waals surface area contributed by atoms with Gasteiger partial charge < -0.3 is 24.2 Å². The SMILES string of the molecule is O=C(Oc1ccc([N+](=O)[O-])cc1)N1CCC(C(O)c2ccc3c(c2)OCO3)CC1. The zero-order chi connectivity index (χ0) is 20.4. The molecule has 1 fully saturated rings. The summed E-state index contributed by atoms with van der Waals surface area (Å²) in [6, 6.07) is 10.8. The van der Waals surface area contributed by atoms with Gasteiger partial charge in [0.2, 0.25) is 6.79 Å². The number of benzene rings is 2. The molecule has 4 rings (SSSR count). The van der Waals surface area contributed by atoms with Crippen molar-refractivity contribution in [2.24, 2.45) is 5.92 Å². The lowest BCUT2D eigenvalue weighted by Gasteiger charge is -2.33. The van der Waals surface area contributed by atoms with Gasteiger partial charge in [-0.15, -0.1) is 0 Å². The average molecular weight is 400 g/mol. The fraction of sp³-hybridized carbons (Fsp3) is 0.350. The Bertz CT molecular complexity index is 908.